The lowest BCUT2D eigenvalue weighted by atomic mass is 10.0. The number of ether oxygens (including phenoxy) is 1. The Labute approximate surface area is 178 Å². The molecular weight excluding hydrogens is 376 g/mol. The zero-order valence-corrected chi connectivity index (χ0v) is 18.5. The van der Waals surface area contributed by atoms with Crippen molar-refractivity contribution in [2.24, 2.45) is 0 Å². The van der Waals surface area contributed by atoms with E-state index in [1.54, 1.807) is 4.90 Å². The number of aryl methyl sites for hydroxylation is 2. The summed E-state index contributed by atoms with van der Waals surface area (Å²) in [6, 6.07) is 11.8. The summed E-state index contributed by atoms with van der Waals surface area (Å²) in [5.74, 6) is 1.36. The number of nitrogens with zero attached hydrogens (tertiary/aromatic N) is 2. The molecule has 5 heteroatoms. The molecule has 2 aromatic rings. The Balaban J connectivity index is 1.50. The highest BCUT2D eigenvalue weighted by Gasteiger charge is 2.37. The zero-order chi connectivity index (χ0) is 21.6. The maximum absolute atomic E-state index is 13.0. The summed E-state index contributed by atoms with van der Waals surface area (Å²) in [6.07, 6.45) is 2.49. The number of rotatable bonds is 5. The minimum atomic E-state index is -0.284. The van der Waals surface area contributed by atoms with E-state index in [0.29, 0.717) is 5.92 Å². The van der Waals surface area contributed by atoms with Crippen LogP contribution in [-0.4, -0.2) is 29.0 Å². The van der Waals surface area contributed by atoms with Crippen molar-refractivity contribution in [2.45, 2.75) is 65.5 Å². The molecule has 1 aliphatic heterocycles. The summed E-state index contributed by atoms with van der Waals surface area (Å²) in [6.45, 7) is 10.4. The molecule has 0 aromatic heterocycles. The lowest BCUT2D eigenvalue weighted by Gasteiger charge is -2.25. The summed E-state index contributed by atoms with van der Waals surface area (Å²) in [7, 11) is 0. The van der Waals surface area contributed by atoms with Gasteiger partial charge in [-0.1, -0.05) is 24.3 Å². The molecule has 2 aromatic carbocycles. The largest absolute Gasteiger partial charge is 0.488 e. The molecule has 0 N–H and O–H groups in total. The number of carbonyl (C=O) groups is 2. The van der Waals surface area contributed by atoms with Gasteiger partial charge in [-0.3, -0.25) is 14.6 Å². The third-order valence-electron chi connectivity index (χ3n) is 5.58. The average Bonchev–Trinajstić information content (AvgIpc) is 3.47. The van der Waals surface area contributed by atoms with Crippen LogP contribution in [0.3, 0.4) is 0 Å². The standard InChI is InChI=1S/C25H30N2O3/c1-16-12-18(13-17(2)23(16)30-25(3,4)5)14-27-22(28)15-26(24(27)29)21-10-8-20(9-11-21)19-6-7-19/h8-13,19H,6-7,14-15H2,1-5H3. The number of amides is 3. The van der Waals surface area contributed by atoms with E-state index in [1.807, 2.05) is 58.9 Å². The van der Waals surface area contributed by atoms with Gasteiger partial charge in [0.15, 0.2) is 0 Å². The molecule has 3 amide bonds. The van der Waals surface area contributed by atoms with Gasteiger partial charge in [0, 0.05) is 5.69 Å². The fourth-order valence-corrected chi connectivity index (χ4v) is 4.02. The van der Waals surface area contributed by atoms with Crippen molar-refractivity contribution in [1.29, 1.82) is 0 Å². The summed E-state index contributed by atoms with van der Waals surface area (Å²) < 4.78 is 6.08. The van der Waals surface area contributed by atoms with E-state index in [-0.39, 0.29) is 30.6 Å². The van der Waals surface area contributed by atoms with Crippen LogP contribution in [0.25, 0.3) is 0 Å². The van der Waals surface area contributed by atoms with Gasteiger partial charge in [-0.2, -0.15) is 0 Å². The van der Waals surface area contributed by atoms with Gasteiger partial charge in [0.05, 0.1) is 6.54 Å². The SMILES string of the molecule is Cc1cc(CN2C(=O)CN(c3ccc(C4CC4)cc3)C2=O)cc(C)c1OC(C)(C)C. The maximum atomic E-state index is 13.0. The summed E-state index contributed by atoms with van der Waals surface area (Å²) in [5, 5.41) is 0. The van der Waals surface area contributed by atoms with Crippen molar-refractivity contribution in [2.75, 3.05) is 11.4 Å². The first-order valence-corrected chi connectivity index (χ1v) is 10.6. The molecule has 1 saturated heterocycles. The highest BCUT2D eigenvalue weighted by atomic mass is 16.5. The van der Waals surface area contributed by atoms with E-state index in [0.717, 1.165) is 28.1 Å². The smallest absolute Gasteiger partial charge is 0.332 e. The Morgan fingerprint density at radius 2 is 1.60 bits per heavy atom. The predicted molar refractivity (Wildman–Crippen MR) is 118 cm³/mol. The molecule has 5 nitrogen and oxygen atoms in total. The molecule has 158 valence electrons. The van der Waals surface area contributed by atoms with Crippen LogP contribution < -0.4 is 9.64 Å². The van der Waals surface area contributed by atoms with Gasteiger partial charge in [-0.15, -0.1) is 0 Å². The van der Waals surface area contributed by atoms with Crippen molar-refractivity contribution in [3.63, 3.8) is 0 Å². The number of imide groups is 1. The molecule has 30 heavy (non-hydrogen) atoms. The maximum Gasteiger partial charge on any atom is 0.332 e. The number of hydrogen-bond acceptors (Lipinski definition) is 3. The molecule has 0 unspecified atom stereocenters. The van der Waals surface area contributed by atoms with Gasteiger partial charge < -0.3 is 4.74 Å². The van der Waals surface area contributed by atoms with Crippen LogP contribution in [0.2, 0.25) is 0 Å². The van der Waals surface area contributed by atoms with Crippen molar-refractivity contribution in [3.8, 4) is 5.75 Å². The molecule has 0 atom stereocenters. The minimum Gasteiger partial charge on any atom is -0.488 e. The van der Waals surface area contributed by atoms with E-state index in [1.165, 1.54) is 23.3 Å². The van der Waals surface area contributed by atoms with E-state index in [9.17, 15) is 9.59 Å². The van der Waals surface area contributed by atoms with E-state index in [2.05, 4.69) is 12.1 Å². The van der Waals surface area contributed by atoms with Crippen LogP contribution in [-0.2, 0) is 11.3 Å². The quantitative estimate of drug-likeness (QED) is 0.631. The Morgan fingerprint density at radius 3 is 2.13 bits per heavy atom. The first-order valence-electron chi connectivity index (χ1n) is 10.6. The normalized spacial score (nSPS) is 17.1. The van der Waals surface area contributed by atoms with Crippen molar-refractivity contribution in [1.82, 2.24) is 4.90 Å². The van der Waals surface area contributed by atoms with Crippen LogP contribution in [0.5, 0.6) is 5.75 Å². The number of anilines is 1. The first-order chi connectivity index (χ1) is 14.1. The molecule has 0 radical (unpaired) electrons. The third-order valence-corrected chi connectivity index (χ3v) is 5.58. The number of hydrogen-bond donors (Lipinski definition) is 0. The van der Waals surface area contributed by atoms with Crippen molar-refractivity contribution >= 4 is 17.6 Å². The summed E-state index contributed by atoms with van der Waals surface area (Å²) in [5.41, 5.74) is 4.75. The zero-order valence-electron chi connectivity index (χ0n) is 18.5. The van der Waals surface area contributed by atoms with Crippen LogP contribution in [0.15, 0.2) is 36.4 Å². The van der Waals surface area contributed by atoms with Gasteiger partial charge in [0.1, 0.15) is 17.9 Å². The Kier molecular flexibility index (Phi) is 5.08. The molecule has 1 saturated carbocycles. The fourth-order valence-electron chi connectivity index (χ4n) is 4.02. The lowest BCUT2D eigenvalue weighted by molar-refractivity contribution is -0.125. The third kappa shape index (κ3) is 4.20. The fraction of sp³-hybridized carbons (Fsp3) is 0.440. The van der Waals surface area contributed by atoms with Crippen LogP contribution >= 0.6 is 0 Å². The predicted octanol–water partition coefficient (Wildman–Crippen LogP) is 5.33. The Hall–Kier alpha value is -2.82. The lowest BCUT2D eigenvalue weighted by Crippen LogP contribution is -2.32. The molecule has 2 aliphatic rings. The molecule has 2 fully saturated rings. The molecule has 0 spiro atoms. The first kappa shape index (κ1) is 20.5. The average molecular weight is 407 g/mol. The topological polar surface area (TPSA) is 49.9 Å². The molecule has 4 rings (SSSR count). The van der Waals surface area contributed by atoms with Gasteiger partial charge in [0.25, 0.3) is 5.91 Å². The summed E-state index contributed by atoms with van der Waals surface area (Å²) >= 11 is 0. The number of urea groups is 1. The summed E-state index contributed by atoms with van der Waals surface area (Å²) in [4.78, 5) is 28.5. The molecule has 1 aliphatic carbocycles. The van der Waals surface area contributed by atoms with Gasteiger partial charge in [0.2, 0.25) is 0 Å². The van der Waals surface area contributed by atoms with E-state index in [4.69, 9.17) is 4.74 Å². The van der Waals surface area contributed by atoms with Crippen molar-refractivity contribution in [3.05, 3.63) is 58.7 Å². The van der Waals surface area contributed by atoms with Crippen LogP contribution in [0, 0.1) is 13.8 Å². The monoisotopic (exact) mass is 406 g/mol. The van der Waals surface area contributed by atoms with Crippen LogP contribution in [0.1, 0.15) is 61.8 Å². The van der Waals surface area contributed by atoms with Gasteiger partial charge in [-0.25, -0.2) is 4.79 Å². The second-order valence-electron chi connectivity index (χ2n) is 9.49. The number of carbonyl (C=O) groups excluding carboxylic acids is 2. The van der Waals surface area contributed by atoms with Crippen molar-refractivity contribution < 1.29 is 14.3 Å². The highest BCUT2D eigenvalue weighted by Crippen LogP contribution is 2.40. The van der Waals surface area contributed by atoms with Gasteiger partial charge in [-0.05, 0) is 87.8 Å². The molecule has 0 bridgehead atoms. The Bertz CT molecular complexity index is 961. The second kappa shape index (κ2) is 7.46. The van der Waals surface area contributed by atoms with Crippen LogP contribution in [0.4, 0.5) is 10.5 Å². The minimum absolute atomic E-state index is 0.0881. The van der Waals surface area contributed by atoms with Gasteiger partial charge >= 0.3 is 6.03 Å². The highest BCUT2D eigenvalue weighted by molar-refractivity contribution is 6.12. The number of benzene rings is 2. The molecular formula is C25H30N2O3. The van der Waals surface area contributed by atoms with E-state index >= 15 is 0 Å². The molecule has 1 heterocycles. The second-order valence-corrected chi connectivity index (χ2v) is 9.49. The Morgan fingerprint density at radius 1 is 1.00 bits per heavy atom. The van der Waals surface area contributed by atoms with E-state index < -0.39 is 0 Å².